The fourth-order valence-electron chi connectivity index (χ4n) is 4.14. The molecule has 2 atom stereocenters. The SMILES string of the molecule is O=C(O)C[C@@H](CCCc1ccccc1)C(=O)NC1Cc2ccccccn(c2)CCOCCNC1=O. The van der Waals surface area contributed by atoms with Gasteiger partial charge in [0.1, 0.15) is 6.04 Å². The molecule has 2 aromatic rings. The van der Waals surface area contributed by atoms with Gasteiger partial charge in [0.15, 0.2) is 0 Å². The molecular weight excluding hydrogens is 458 g/mol. The van der Waals surface area contributed by atoms with Gasteiger partial charge in [-0.2, -0.15) is 0 Å². The quantitative estimate of drug-likeness (QED) is 0.524. The lowest BCUT2D eigenvalue weighted by molar-refractivity contribution is -0.141. The van der Waals surface area contributed by atoms with Crippen molar-refractivity contribution in [2.75, 3.05) is 19.8 Å². The van der Waals surface area contributed by atoms with Gasteiger partial charge in [0, 0.05) is 37.8 Å². The minimum atomic E-state index is -1.04. The van der Waals surface area contributed by atoms with Gasteiger partial charge in [0.05, 0.1) is 19.6 Å². The number of carbonyl (C=O) groups excluding carboxylic acids is 2. The van der Waals surface area contributed by atoms with E-state index < -0.39 is 23.8 Å². The van der Waals surface area contributed by atoms with Crippen LogP contribution in [0.5, 0.6) is 0 Å². The molecule has 1 aliphatic rings. The van der Waals surface area contributed by atoms with Gasteiger partial charge < -0.3 is 25.0 Å². The number of hydrogen-bond acceptors (Lipinski definition) is 4. The smallest absolute Gasteiger partial charge is 0.304 e. The maximum Gasteiger partial charge on any atom is 0.304 e. The van der Waals surface area contributed by atoms with Crippen LogP contribution in [0.4, 0.5) is 0 Å². The maximum absolute atomic E-state index is 13.2. The number of ether oxygens (including phenoxy) is 1. The topological polar surface area (TPSA) is 110 Å². The highest BCUT2D eigenvalue weighted by molar-refractivity contribution is 5.90. The molecular formula is C28H35N3O5. The van der Waals surface area contributed by atoms with E-state index in [-0.39, 0.29) is 18.7 Å². The molecule has 1 unspecified atom stereocenters. The summed E-state index contributed by atoms with van der Waals surface area (Å²) in [4.78, 5) is 37.7. The van der Waals surface area contributed by atoms with Crippen molar-refractivity contribution < 1.29 is 24.2 Å². The molecule has 192 valence electrons. The van der Waals surface area contributed by atoms with Crippen LogP contribution in [-0.4, -0.2) is 53.3 Å². The third-order valence-electron chi connectivity index (χ3n) is 6.02. The number of fused-ring (bicyclic) bond motifs is 2. The number of amides is 2. The van der Waals surface area contributed by atoms with Crippen LogP contribution in [0, 0.1) is 5.92 Å². The number of carbonyl (C=O) groups is 3. The zero-order chi connectivity index (χ0) is 25.6. The van der Waals surface area contributed by atoms with Gasteiger partial charge >= 0.3 is 5.97 Å². The van der Waals surface area contributed by atoms with E-state index in [1.807, 2.05) is 77.6 Å². The third-order valence-corrected chi connectivity index (χ3v) is 6.02. The van der Waals surface area contributed by atoms with E-state index >= 15 is 0 Å². The van der Waals surface area contributed by atoms with Crippen LogP contribution in [0.25, 0.3) is 0 Å². The van der Waals surface area contributed by atoms with Crippen LogP contribution in [0.15, 0.2) is 73.1 Å². The van der Waals surface area contributed by atoms with Gasteiger partial charge in [-0.1, -0.05) is 54.6 Å². The second kappa shape index (κ2) is 14.7. The summed E-state index contributed by atoms with van der Waals surface area (Å²) < 4.78 is 7.61. The predicted molar refractivity (Wildman–Crippen MR) is 137 cm³/mol. The van der Waals surface area contributed by atoms with Gasteiger partial charge in [-0.05, 0) is 36.5 Å². The molecule has 0 aliphatic carbocycles. The second-order valence-corrected chi connectivity index (χ2v) is 8.87. The summed E-state index contributed by atoms with van der Waals surface area (Å²) in [5.41, 5.74) is 1.99. The van der Waals surface area contributed by atoms with Crippen molar-refractivity contribution in [1.29, 1.82) is 0 Å². The Labute approximate surface area is 212 Å². The number of aryl methyl sites for hydroxylation is 1. The van der Waals surface area contributed by atoms with Crippen molar-refractivity contribution in [3.63, 3.8) is 0 Å². The molecule has 0 saturated carbocycles. The number of carboxylic acids is 1. The molecule has 8 nitrogen and oxygen atoms in total. The Kier molecular flexibility index (Phi) is 11.0. The number of aliphatic carboxylic acids is 1. The molecule has 1 aliphatic heterocycles. The predicted octanol–water partition coefficient (Wildman–Crippen LogP) is 2.90. The normalized spacial score (nSPS) is 16.9. The number of aromatic nitrogens is 1. The summed E-state index contributed by atoms with van der Waals surface area (Å²) in [5.74, 6) is -2.50. The molecule has 0 spiro atoms. The Hall–Kier alpha value is -3.65. The number of benzene rings is 1. The summed E-state index contributed by atoms with van der Waals surface area (Å²) in [6.07, 6.45) is 5.70. The van der Waals surface area contributed by atoms with Crippen LogP contribution < -0.4 is 10.6 Å². The van der Waals surface area contributed by atoms with E-state index in [9.17, 15) is 19.5 Å². The maximum atomic E-state index is 13.2. The summed E-state index contributed by atoms with van der Waals surface area (Å²) in [6.45, 7) is 1.85. The van der Waals surface area contributed by atoms with Crippen molar-refractivity contribution in [1.82, 2.24) is 15.2 Å². The Bertz CT molecular complexity index is 1050. The summed E-state index contributed by atoms with van der Waals surface area (Å²) >= 11 is 0. The molecule has 2 bridgehead atoms. The van der Waals surface area contributed by atoms with E-state index in [0.717, 1.165) is 17.5 Å². The Morgan fingerprint density at radius 1 is 1.08 bits per heavy atom. The van der Waals surface area contributed by atoms with Crippen LogP contribution in [0.3, 0.4) is 0 Å². The van der Waals surface area contributed by atoms with Crippen molar-refractivity contribution in [2.45, 2.75) is 44.7 Å². The third kappa shape index (κ3) is 9.54. The lowest BCUT2D eigenvalue weighted by Crippen LogP contribution is -2.50. The Morgan fingerprint density at radius 2 is 1.83 bits per heavy atom. The molecule has 2 amide bonds. The van der Waals surface area contributed by atoms with E-state index in [1.165, 1.54) is 0 Å². The molecule has 0 saturated heterocycles. The number of hydrogen-bond donors (Lipinski definition) is 3. The first-order valence-electron chi connectivity index (χ1n) is 12.4. The zero-order valence-corrected chi connectivity index (χ0v) is 20.5. The van der Waals surface area contributed by atoms with Crippen LogP contribution in [0.1, 0.15) is 30.4 Å². The van der Waals surface area contributed by atoms with Crippen LogP contribution in [-0.2, 0) is 38.5 Å². The fraction of sp³-hybridized carbons (Fsp3) is 0.393. The number of rotatable bonds is 8. The van der Waals surface area contributed by atoms with E-state index in [1.54, 1.807) is 0 Å². The molecule has 1 aromatic heterocycles. The van der Waals surface area contributed by atoms with Crippen molar-refractivity contribution in [3.05, 3.63) is 84.2 Å². The standard InChI is InChI=1S/C28H35N3O5/c32-26(33)20-24(13-8-12-22-9-5-3-6-10-22)27(34)30-25-19-23-11-4-1-2-7-15-31(21-23)16-18-36-17-14-29-28(25)35/h1-7,9-11,15,21,24-25H,8,12-14,16-20H2,(H,29,35)(H,30,34)(H,32,33)/t24-,25?/m1/s1. The van der Waals surface area contributed by atoms with Crippen LogP contribution >= 0.6 is 0 Å². The Balaban J connectivity index is 1.76. The van der Waals surface area contributed by atoms with Crippen molar-refractivity contribution >= 4 is 17.8 Å². The average Bonchev–Trinajstić information content (AvgIpc) is 2.97. The Morgan fingerprint density at radius 3 is 2.64 bits per heavy atom. The lowest BCUT2D eigenvalue weighted by Gasteiger charge is -2.22. The summed E-state index contributed by atoms with van der Waals surface area (Å²) in [5, 5.41) is 15.1. The van der Waals surface area contributed by atoms with E-state index in [2.05, 4.69) is 10.6 Å². The molecule has 1 aromatic carbocycles. The highest BCUT2D eigenvalue weighted by Gasteiger charge is 2.27. The molecule has 0 fully saturated rings. The molecule has 2 heterocycles. The van der Waals surface area contributed by atoms with E-state index in [0.29, 0.717) is 39.1 Å². The highest BCUT2D eigenvalue weighted by Crippen LogP contribution is 2.16. The first kappa shape index (κ1) is 26.9. The van der Waals surface area contributed by atoms with Crippen LogP contribution in [0.2, 0.25) is 0 Å². The summed E-state index contributed by atoms with van der Waals surface area (Å²) in [6, 6.07) is 18.6. The number of nitrogens with one attached hydrogen (secondary N) is 2. The zero-order valence-electron chi connectivity index (χ0n) is 20.5. The molecule has 8 heteroatoms. The molecule has 0 radical (unpaired) electrons. The highest BCUT2D eigenvalue weighted by atomic mass is 16.5. The van der Waals surface area contributed by atoms with Gasteiger partial charge in [0.25, 0.3) is 0 Å². The van der Waals surface area contributed by atoms with Gasteiger partial charge in [-0.25, -0.2) is 0 Å². The van der Waals surface area contributed by atoms with Gasteiger partial charge in [-0.15, -0.1) is 0 Å². The molecule has 3 N–H and O–H groups in total. The van der Waals surface area contributed by atoms with Gasteiger partial charge in [0.2, 0.25) is 11.8 Å². The van der Waals surface area contributed by atoms with Crippen molar-refractivity contribution in [3.8, 4) is 0 Å². The average molecular weight is 494 g/mol. The molecule has 36 heavy (non-hydrogen) atoms. The molecule has 3 rings (SSSR count). The summed E-state index contributed by atoms with van der Waals surface area (Å²) in [7, 11) is 0. The first-order valence-corrected chi connectivity index (χ1v) is 12.4. The number of nitrogens with zero attached hydrogens (tertiary/aromatic N) is 1. The second-order valence-electron chi connectivity index (χ2n) is 8.87. The van der Waals surface area contributed by atoms with Gasteiger partial charge in [-0.3, -0.25) is 14.4 Å². The lowest BCUT2D eigenvalue weighted by atomic mass is 9.95. The fourth-order valence-corrected chi connectivity index (χ4v) is 4.14. The van der Waals surface area contributed by atoms with E-state index in [4.69, 9.17) is 4.74 Å². The first-order chi connectivity index (χ1) is 17.5. The minimum Gasteiger partial charge on any atom is -0.481 e. The monoisotopic (exact) mass is 493 g/mol. The number of carboxylic acid groups (broad SMARTS) is 1. The minimum absolute atomic E-state index is 0.275. The van der Waals surface area contributed by atoms with Crippen molar-refractivity contribution in [2.24, 2.45) is 5.92 Å². The largest absolute Gasteiger partial charge is 0.481 e.